The van der Waals surface area contributed by atoms with E-state index >= 15 is 0 Å². The van der Waals surface area contributed by atoms with Gasteiger partial charge in [0.2, 0.25) is 17.6 Å². The minimum absolute atomic E-state index is 0.114. The summed E-state index contributed by atoms with van der Waals surface area (Å²) in [5.41, 5.74) is 2.76. The summed E-state index contributed by atoms with van der Waals surface area (Å²) in [7, 11) is 0. The second-order valence-corrected chi connectivity index (χ2v) is 5.61. The molecule has 1 amide bonds. The SMILES string of the molecule is CC(=O)Nc1cc(NCc2nc(-c3ccc(C)cc3)no2)ccc1F. The molecule has 0 atom stereocenters. The highest BCUT2D eigenvalue weighted by Gasteiger charge is 2.09. The van der Waals surface area contributed by atoms with E-state index in [9.17, 15) is 9.18 Å². The van der Waals surface area contributed by atoms with Crippen molar-refractivity contribution in [3.8, 4) is 11.4 Å². The molecule has 2 N–H and O–H groups in total. The number of benzene rings is 2. The predicted octanol–water partition coefficient (Wildman–Crippen LogP) is 3.75. The number of aromatic nitrogens is 2. The van der Waals surface area contributed by atoms with Crippen molar-refractivity contribution in [3.63, 3.8) is 0 Å². The van der Waals surface area contributed by atoms with Gasteiger partial charge in [-0.3, -0.25) is 4.79 Å². The van der Waals surface area contributed by atoms with Crippen molar-refractivity contribution in [1.82, 2.24) is 10.1 Å². The Balaban J connectivity index is 1.68. The average Bonchev–Trinajstić information content (AvgIpc) is 3.05. The lowest BCUT2D eigenvalue weighted by Crippen LogP contribution is -2.08. The highest BCUT2D eigenvalue weighted by atomic mass is 19.1. The lowest BCUT2D eigenvalue weighted by molar-refractivity contribution is -0.114. The Hall–Kier alpha value is -3.22. The molecule has 3 aromatic rings. The van der Waals surface area contributed by atoms with Gasteiger partial charge in [0, 0.05) is 18.2 Å². The van der Waals surface area contributed by atoms with Gasteiger partial charge >= 0.3 is 0 Å². The number of carbonyl (C=O) groups excluding carboxylic acids is 1. The van der Waals surface area contributed by atoms with Gasteiger partial charge in [0.05, 0.1) is 12.2 Å². The fraction of sp³-hybridized carbons (Fsp3) is 0.167. The summed E-state index contributed by atoms with van der Waals surface area (Å²) in [5, 5.41) is 9.45. The average molecular weight is 340 g/mol. The van der Waals surface area contributed by atoms with Crippen molar-refractivity contribution in [1.29, 1.82) is 0 Å². The minimum Gasteiger partial charge on any atom is -0.376 e. The summed E-state index contributed by atoms with van der Waals surface area (Å²) >= 11 is 0. The second kappa shape index (κ2) is 7.12. The zero-order valence-corrected chi connectivity index (χ0v) is 13.8. The third-order valence-electron chi connectivity index (χ3n) is 3.50. The molecule has 0 bridgehead atoms. The molecule has 0 unspecified atom stereocenters. The molecular weight excluding hydrogens is 323 g/mol. The first-order valence-corrected chi connectivity index (χ1v) is 7.72. The summed E-state index contributed by atoms with van der Waals surface area (Å²) in [6, 6.07) is 12.2. The van der Waals surface area contributed by atoms with E-state index in [1.807, 2.05) is 31.2 Å². The molecule has 6 nitrogen and oxygen atoms in total. The van der Waals surface area contributed by atoms with Gasteiger partial charge in [-0.05, 0) is 25.1 Å². The number of carbonyl (C=O) groups is 1. The highest BCUT2D eigenvalue weighted by Crippen LogP contribution is 2.21. The zero-order valence-electron chi connectivity index (χ0n) is 13.8. The molecule has 0 spiro atoms. The van der Waals surface area contributed by atoms with Crippen LogP contribution in [0.4, 0.5) is 15.8 Å². The number of hydrogen-bond acceptors (Lipinski definition) is 5. The van der Waals surface area contributed by atoms with Crippen LogP contribution in [-0.2, 0) is 11.3 Å². The summed E-state index contributed by atoms with van der Waals surface area (Å²) in [6.07, 6.45) is 0. The smallest absolute Gasteiger partial charge is 0.246 e. The van der Waals surface area contributed by atoms with E-state index in [0.717, 1.165) is 11.1 Å². The number of nitrogens with one attached hydrogen (secondary N) is 2. The monoisotopic (exact) mass is 340 g/mol. The van der Waals surface area contributed by atoms with E-state index in [1.165, 1.54) is 19.1 Å². The predicted molar refractivity (Wildman–Crippen MR) is 92.5 cm³/mol. The van der Waals surface area contributed by atoms with Gasteiger partial charge in [-0.2, -0.15) is 4.98 Å². The van der Waals surface area contributed by atoms with E-state index in [1.54, 1.807) is 6.07 Å². The van der Waals surface area contributed by atoms with Crippen LogP contribution >= 0.6 is 0 Å². The van der Waals surface area contributed by atoms with Gasteiger partial charge in [-0.15, -0.1) is 0 Å². The van der Waals surface area contributed by atoms with E-state index in [-0.39, 0.29) is 18.1 Å². The van der Waals surface area contributed by atoms with Crippen molar-refractivity contribution in [3.05, 3.63) is 59.7 Å². The number of rotatable bonds is 5. The second-order valence-electron chi connectivity index (χ2n) is 5.61. The van der Waals surface area contributed by atoms with E-state index < -0.39 is 5.82 Å². The summed E-state index contributed by atoms with van der Waals surface area (Å²) in [4.78, 5) is 15.4. The molecule has 0 aliphatic heterocycles. The number of hydrogen-bond donors (Lipinski definition) is 2. The van der Waals surface area contributed by atoms with Gasteiger partial charge < -0.3 is 15.2 Å². The normalized spacial score (nSPS) is 10.5. The molecule has 128 valence electrons. The number of nitrogens with zero attached hydrogens (tertiary/aromatic N) is 2. The molecule has 2 aromatic carbocycles. The van der Waals surface area contributed by atoms with Crippen LogP contribution in [0, 0.1) is 12.7 Å². The van der Waals surface area contributed by atoms with E-state index in [4.69, 9.17) is 4.52 Å². The Bertz CT molecular complexity index is 890. The standard InChI is InChI=1S/C18H17FN4O2/c1-11-3-5-13(6-4-11)18-22-17(25-23-18)10-20-14-7-8-15(19)16(9-14)21-12(2)24/h3-9,20H,10H2,1-2H3,(H,21,24). The Morgan fingerprint density at radius 3 is 2.68 bits per heavy atom. The van der Waals surface area contributed by atoms with Gasteiger partial charge in [-0.25, -0.2) is 4.39 Å². The lowest BCUT2D eigenvalue weighted by atomic mass is 10.1. The van der Waals surface area contributed by atoms with Crippen molar-refractivity contribution in [2.75, 3.05) is 10.6 Å². The molecule has 7 heteroatoms. The molecule has 0 aliphatic rings. The molecule has 0 saturated heterocycles. The number of amides is 1. The largest absolute Gasteiger partial charge is 0.376 e. The molecule has 25 heavy (non-hydrogen) atoms. The number of anilines is 2. The van der Waals surface area contributed by atoms with Crippen LogP contribution in [0.15, 0.2) is 47.0 Å². The van der Waals surface area contributed by atoms with Crippen LogP contribution in [0.2, 0.25) is 0 Å². The van der Waals surface area contributed by atoms with Crippen LogP contribution in [0.3, 0.4) is 0 Å². The molecular formula is C18H17FN4O2. The summed E-state index contributed by atoms with van der Waals surface area (Å²) in [6.45, 7) is 3.61. The first kappa shape index (κ1) is 16.6. The third-order valence-corrected chi connectivity index (χ3v) is 3.50. The number of aryl methyl sites for hydroxylation is 1. The maximum atomic E-state index is 13.6. The molecule has 1 heterocycles. The molecule has 1 aromatic heterocycles. The maximum absolute atomic E-state index is 13.6. The van der Waals surface area contributed by atoms with Gasteiger partial charge in [-0.1, -0.05) is 35.0 Å². The molecule has 0 fully saturated rings. The van der Waals surface area contributed by atoms with Crippen LogP contribution in [0.25, 0.3) is 11.4 Å². The summed E-state index contributed by atoms with van der Waals surface area (Å²) in [5.74, 6) is 0.0757. The van der Waals surface area contributed by atoms with Crippen molar-refractivity contribution >= 4 is 17.3 Å². The first-order chi connectivity index (χ1) is 12.0. The Morgan fingerprint density at radius 2 is 1.96 bits per heavy atom. The minimum atomic E-state index is -0.500. The van der Waals surface area contributed by atoms with Gasteiger partial charge in [0.25, 0.3) is 0 Å². The fourth-order valence-electron chi connectivity index (χ4n) is 2.24. The van der Waals surface area contributed by atoms with Crippen molar-refractivity contribution < 1.29 is 13.7 Å². The quantitative estimate of drug-likeness (QED) is 0.739. The van der Waals surface area contributed by atoms with Crippen LogP contribution in [0.5, 0.6) is 0 Å². The van der Waals surface area contributed by atoms with Gasteiger partial charge in [0.1, 0.15) is 5.82 Å². The van der Waals surface area contributed by atoms with E-state index in [0.29, 0.717) is 17.4 Å². The third kappa shape index (κ3) is 4.20. The van der Waals surface area contributed by atoms with Gasteiger partial charge in [0.15, 0.2) is 0 Å². The lowest BCUT2D eigenvalue weighted by Gasteiger charge is -2.08. The molecule has 0 aliphatic carbocycles. The Kier molecular flexibility index (Phi) is 4.74. The molecule has 3 rings (SSSR count). The van der Waals surface area contributed by atoms with Crippen molar-refractivity contribution in [2.45, 2.75) is 20.4 Å². The fourth-order valence-corrected chi connectivity index (χ4v) is 2.24. The maximum Gasteiger partial charge on any atom is 0.246 e. The Morgan fingerprint density at radius 1 is 1.20 bits per heavy atom. The zero-order chi connectivity index (χ0) is 17.8. The van der Waals surface area contributed by atoms with Crippen LogP contribution in [0.1, 0.15) is 18.4 Å². The molecule has 0 saturated carbocycles. The van der Waals surface area contributed by atoms with Crippen LogP contribution < -0.4 is 10.6 Å². The Labute approximate surface area is 144 Å². The molecule has 0 radical (unpaired) electrons. The highest BCUT2D eigenvalue weighted by molar-refractivity contribution is 5.89. The van der Waals surface area contributed by atoms with E-state index in [2.05, 4.69) is 20.8 Å². The summed E-state index contributed by atoms with van der Waals surface area (Å²) < 4.78 is 18.9. The number of halogens is 1. The van der Waals surface area contributed by atoms with Crippen LogP contribution in [-0.4, -0.2) is 16.0 Å². The van der Waals surface area contributed by atoms with Crippen molar-refractivity contribution in [2.24, 2.45) is 0 Å². The first-order valence-electron chi connectivity index (χ1n) is 7.72. The topological polar surface area (TPSA) is 80.0 Å².